The van der Waals surface area contributed by atoms with Crippen LogP contribution in [0.25, 0.3) is 0 Å². The molecule has 2 N–H and O–H groups in total. The number of nitrogens with one attached hydrogen (secondary N) is 2. The standard InChI is InChI=1S/C13H10Cl2FN3O/c1-17-12-10(15)4-7(6-18-12)13(20)19-11-5-8(16)2-3-9(11)14/h2-6H,1H3,(H,17,18)(H,19,20). The van der Waals surface area contributed by atoms with Crippen LogP contribution < -0.4 is 10.6 Å². The predicted octanol–water partition coefficient (Wildman–Crippen LogP) is 3.82. The van der Waals surface area contributed by atoms with Gasteiger partial charge >= 0.3 is 0 Å². The molecular weight excluding hydrogens is 304 g/mol. The molecule has 0 atom stereocenters. The third kappa shape index (κ3) is 3.18. The molecule has 0 radical (unpaired) electrons. The van der Waals surface area contributed by atoms with E-state index in [4.69, 9.17) is 23.2 Å². The second-order valence-corrected chi connectivity index (χ2v) is 4.70. The van der Waals surface area contributed by atoms with Crippen LogP contribution in [0.2, 0.25) is 10.0 Å². The predicted molar refractivity (Wildman–Crippen MR) is 78.2 cm³/mol. The second-order valence-electron chi connectivity index (χ2n) is 3.88. The number of hydrogen-bond donors (Lipinski definition) is 2. The van der Waals surface area contributed by atoms with E-state index in [0.29, 0.717) is 10.8 Å². The first-order valence-electron chi connectivity index (χ1n) is 5.61. The molecule has 0 bridgehead atoms. The molecule has 0 aliphatic carbocycles. The van der Waals surface area contributed by atoms with Crippen LogP contribution in [0.15, 0.2) is 30.5 Å². The fraction of sp³-hybridized carbons (Fsp3) is 0.0769. The van der Waals surface area contributed by atoms with Crippen LogP contribution in [0.5, 0.6) is 0 Å². The van der Waals surface area contributed by atoms with E-state index in [0.717, 1.165) is 6.07 Å². The maximum Gasteiger partial charge on any atom is 0.257 e. The third-order valence-corrected chi connectivity index (χ3v) is 3.13. The smallest absolute Gasteiger partial charge is 0.257 e. The maximum absolute atomic E-state index is 13.1. The Morgan fingerprint density at radius 2 is 2.00 bits per heavy atom. The average Bonchev–Trinajstić information content (AvgIpc) is 2.42. The van der Waals surface area contributed by atoms with Crippen molar-refractivity contribution in [2.45, 2.75) is 0 Å². The van der Waals surface area contributed by atoms with Crippen molar-refractivity contribution in [3.8, 4) is 0 Å². The molecular formula is C13H10Cl2FN3O. The Labute approximate surface area is 124 Å². The van der Waals surface area contributed by atoms with Gasteiger partial charge in [-0.15, -0.1) is 0 Å². The Morgan fingerprint density at radius 1 is 1.25 bits per heavy atom. The van der Waals surface area contributed by atoms with E-state index in [2.05, 4.69) is 15.6 Å². The molecule has 104 valence electrons. The van der Waals surface area contributed by atoms with Gasteiger partial charge < -0.3 is 10.6 Å². The van der Waals surface area contributed by atoms with Gasteiger partial charge in [-0.05, 0) is 24.3 Å². The molecule has 0 aliphatic heterocycles. The highest BCUT2D eigenvalue weighted by molar-refractivity contribution is 6.34. The van der Waals surface area contributed by atoms with Crippen LogP contribution in [0.4, 0.5) is 15.9 Å². The number of pyridine rings is 1. The zero-order valence-corrected chi connectivity index (χ0v) is 11.9. The summed E-state index contributed by atoms with van der Waals surface area (Å²) in [5.74, 6) is -0.507. The average molecular weight is 314 g/mol. The van der Waals surface area contributed by atoms with Crippen LogP contribution in [-0.4, -0.2) is 17.9 Å². The number of aromatic nitrogens is 1. The van der Waals surface area contributed by atoms with Gasteiger partial charge in [0.2, 0.25) is 0 Å². The van der Waals surface area contributed by atoms with E-state index in [-0.39, 0.29) is 16.3 Å². The zero-order valence-electron chi connectivity index (χ0n) is 10.4. The summed E-state index contributed by atoms with van der Waals surface area (Å²) in [6.07, 6.45) is 1.36. The highest BCUT2D eigenvalue weighted by Gasteiger charge is 2.12. The molecule has 0 saturated carbocycles. The van der Waals surface area contributed by atoms with E-state index >= 15 is 0 Å². The summed E-state index contributed by atoms with van der Waals surface area (Å²) in [5.41, 5.74) is 0.430. The zero-order chi connectivity index (χ0) is 14.7. The minimum absolute atomic E-state index is 0.186. The van der Waals surface area contributed by atoms with Crippen LogP contribution in [0, 0.1) is 5.82 Å². The normalized spacial score (nSPS) is 10.2. The lowest BCUT2D eigenvalue weighted by atomic mass is 10.2. The van der Waals surface area contributed by atoms with E-state index < -0.39 is 11.7 Å². The van der Waals surface area contributed by atoms with Gasteiger partial charge in [0.25, 0.3) is 5.91 Å². The molecule has 0 spiro atoms. The lowest BCUT2D eigenvalue weighted by Gasteiger charge is -2.08. The Hall–Kier alpha value is -1.85. The second kappa shape index (κ2) is 6.07. The van der Waals surface area contributed by atoms with Gasteiger partial charge in [-0.2, -0.15) is 0 Å². The number of anilines is 2. The van der Waals surface area contributed by atoms with Crippen LogP contribution in [-0.2, 0) is 0 Å². The summed E-state index contributed by atoms with van der Waals surface area (Å²) < 4.78 is 13.1. The minimum Gasteiger partial charge on any atom is -0.372 e. The molecule has 7 heteroatoms. The Balaban J connectivity index is 2.24. The van der Waals surface area contributed by atoms with E-state index in [9.17, 15) is 9.18 Å². The van der Waals surface area contributed by atoms with Crippen molar-refractivity contribution in [2.75, 3.05) is 17.7 Å². The van der Waals surface area contributed by atoms with Gasteiger partial charge in [-0.3, -0.25) is 4.79 Å². The Kier molecular flexibility index (Phi) is 4.42. The lowest BCUT2D eigenvalue weighted by Crippen LogP contribution is -2.13. The van der Waals surface area contributed by atoms with E-state index in [1.165, 1.54) is 24.4 Å². The number of carbonyl (C=O) groups excluding carboxylic acids is 1. The van der Waals surface area contributed by atoms with Crippen molar-refractivity contribution in [1.29, 1.82) is 0 Å². The SMILES string of the molecule is CNc1ncc(C(=O)Nc2cc(F)ccc2Cl)cc1Cl. The molecule has 0 unspecified atom stereocenters. The molecule has 0 saturated heterocycles. The van der Waals surface area contributed by atoms with E-state index in [1.807, 2.05) is 0 Å². The van der Waals surface area contributed by atoms with E-state index in [1.54, 1.807) is 7.05 Å². The monoisotopic (exact) mass is 313 g/mol. The van der Waals surface area contributed by atoms with Crippen molar-refractivity contribution >= 4 is 40.6 Å². The number of carbonyl (C=O) groups is 1. The van der Waals surface area contributed by atoms with Gasteiger partial charge in [-0.1, -0.05) is 23.2 Å². The molecule has 4 nitrogen and oxygen atoms in total. The molecule has 1 aromatic heterocycles. The number of halogens is 3. The maximum atomic E-state index is 13.1. The fourth-order valence-corrected chi connectivity index (χ4v) is 1.96. The summed E-state index contributed by atoms with van der Waals surface area (Å²) >= 11 is 11.8. The van der Waals surface area contributed by atoms with Crippen molar-refractivity contribution < 1.29 is 9.18 Å². The minimum atomic E-state index is -0.494. The van der Waals surface area contributed by atoms with Crippen molar-refractivity contribution in [1.82, 2.24) is 4.98 Å². The topological polar surface area (TPSA) is 54.0 Å². The first-order chi connectivity index (χ1) is 9.51. The quantitative estimate of drug-likeness (QED) is 0.905. The first kappa shape index (κ1) is 14.6. The summed E-state index contributed by atoms with van der Waals surface area (Å²) in [6.45, 7) is 0. The molecule has 1 aromatic carbocycles. The van der Waals surface area contributed by atoms with Crippen molar-refractivity contribution in [3.05, 3.63) is 51.9 Å². The molecule has 0 aliphatic rings. The van der Waals surface area contributed by atoms with Gasteiger partial charge in [0.15, 0.2) is 0 Å². The Morgan fingerprint density at radius 3 is 2.65 bits per heavy atom. The van der Waals surface area contributed by atoms with Crippen LogP contribution in [0.3, 0.4) is 0 Å². The van der Waals surface area contributed by atoms with Crippen molar-refractivity contribution in [3.63, 3.8) is 0 Å². The number of rotatable bonds is 3. The van der Waals surface area contributed by atoms with Crippen LogP contribution in [0.1, 0.15) is 10.4 Å². The fourth-order valence-electron chi connectivity index (χ4n) is 1.53. The van der Waals surface area contributed by atoms with Gasteiger partial charge in [0.05, 0.1) is 21.3 Å². The molecule has 1 heterocycles. The van der Waals surface area contributed by atoms with Crippen LogP contribution >= 0.6 is 23.2 Å². The number of hydrogen-bond acceptors (Lipinski definition) is 3. The molecule has 2 aromatic rings. The first-order valence-corrected chi connectivity index (χ1v) is 6.36. The van der Waals surface area contributed by atoms with Crippen molar-refractivity contribution in [2.24, 2.45) is 0 Å². The number of amides is 1. The number of nitrogens with zero attached hydrogens (tertiary/aromatic N) is 1. The highest BCUT2D eigenvalue weighted by Crippen LogP contribution is 2.24. The largest absolute Gasteiger partial charge is 0.372 e. The number of benzene rings is 1. The molecule has 20 heavy (non-hydrogen) atoms. The van der Waals surface area contributed by atoms with Gasteiger partial charge in [0.1, 0.15) is 11.6 Å². The van der Waals surface area contributed by atoms with Gasteiger partial charge in [-0.25, -0.2) is 9.37 Å². The summed E-state index contributed by atoms with van der Waals surface area (Å²) in [7, 11) is 1.67. The summed E-state index contributed by atoms with van der Waals surface area (Å²) in [6, 6.07) is 5.17. The summed E-state index contributed by atoms with van der Waals surface area (Å²) in [4.78, 5) is 16.0. The van der Waals surface area contributed by atoms with Gasteiger partial charge in [0, 0.05) is 13.2 Å². The lowest BCUT2D eigenvalue weighted by molar-refractivity contribution is 0.102. The molecule has 0 fully saturated rings. The molecule has 2 rings (SSSR count). The molecule has 1 amide bonds. The Bertz CT molecular complexity index is 664. The third-order valence-electron chi connectivity index (χ3n) is 2.52. The highest BCUT2D eigenvalue weighted by atomic mass is 35.5. The summed E-state index contributed by atoms with van der Waals surface area (Å²) in [5, 5.41) is 5.84.